The summed E-state index contributed by atoms with van der Waals surface area (Å²) in [6.07, 6.45) is 7.58. The van der Waals surface area contributed by atoms with E-state index in [4.69, 9.17) is 11.5 Å². The molecule has 0 saturated heterocycles. The van der Waals surface area contributed by atoms with Crippen molar-refractivity contribution in [1.82, 2.24) is 14.6 Å². The molecule has 29 heavy (non-hydrogen) atoms. The second-order valence-corrected chi connectivity index (χ2v) is 8.59. The minimum atomic E-state index is -0.577. The van der Waals surface area contributed by atoms with E-state index in [1.165, 1.54) is 18.6 Å². The second-order valence-electron chi connectivity index (χ2n) is 8.59. The highest BCUT2D eigenvalue weighted by Gasteiger charge is 2.49. The lowest BCUT2D eigenvalue weighted by Gasteiger charge is -2.39. The van der Waals surface area contributed by atoms with Gasteiger partial charge in [0.2, 0.25) is 0 Å². The largest absolute Gasteiger partial charge is 0.379 e. The van der Waals surface area contributed by atoms with Gasteiger partial charge in [0.1, 0.15) is 5.82 Å². The maximum atomic E-state index is 14.2. The molecule has 152 valence electrons. The highest BCUT2D eigenvalue weighted by atomic mass is 19.1. The van der Waals surface area contributed by atoms with Gasteiger partial charge in [0.05, 0.1) is 29.2 Å². The summed E-state index contributed by atoms with van der Waals surface area (Å²) in [6, 6.07) is 3.44. The number of rotatable bonds is 4. The van der Waals surface area contributed by atoms with Gasteiger partial charge in [0.15, 0.2) is 0 Å². The number of primary amides is 1. The van der Waals surface area contributed by atoms with Gasteiger partial charge in [-0.1, -0.05) is 13.8 Å². The second kappa shape index (κ2) is 6.52. The summed E-state index contributed by atoms with van der Waals surface area (Å²) in [4.78, 5) is 15.9. The Balaban J connectivity index is 1.84. The molecule has 1 amide bonds. The predicted molar refractivity (Wildman–Crippen MR) is 110 cm³/mol. The SMILES string of the molecule is CC1(C)[C@@H](Nc2c(C(N)=O)cnn3cc(-c4ccncc4F)cc23)CC[C@@]1(C)N. The maximum absolute atomic E-state index is 14.2. The molecule has 0 spiro atoms. The molecule has 1 aliphatic rings. The quantitative estimate of drug-likeness (QED) is 0.628. The van der Waals surface area contributed by atoms with Crippen LogP contribution >= 0.6 is 0 Å². The van der Waals surface area contributed by atoms with Crippen LogP contribution in [-0.2, 0) is 0 Å². The number of nitrogens with two attached hydrogens (primary N) is 2. The Hall–Kier alpha value is -3.00. The number of amides is 1. The normalized spacial score (nSPS) is 23.4. The summed E-state index contributed by atoms with van der Waals surface area (Å²) in [7, 11) is 0. The molecule has 7 nitrogen and oxygen atoms in total. The number of hydrogen-bond donors (Lipinski definition) is 3. The third-order valence-electron chi connectivity index (χ3n) is 6.60. The van der Waals surface area contributed by atoms with Crippen LogP contribution in [0.2, 0.25) is 0 Å². The number of hydrogen-bond acceptors (Lipinski definition) is 5. The van der Waals surface area contributed by atoms with Crippen LogP contribution in [0.1, 0.15) is 44.0 Å². The molecule has 8 heteroatoms. The van der Waals surface area contributed by atoms with E-state index in [1.807, 2.05) is 6.92 Å². The number of pyridine rings is 1. The molecular weight excluding hydrogens is 371 g/mol. The molecule has 2 atom stereocenters. The molecule has 1 fully saturated rings. The lowest BCUT2D eigenvalue weighted by molar-refractivity contribution is 0.100. The maximum Gasteiger partial charge on any atom is 0.252 e. The molecule has 0 aromatic carbocycles. The van der Waals surface area contributed by atoms with E-state index in [1.54, 1.807) is 22.8 Å². The van der Waals surface area contributed by atoms with E-state index in [0.717, 1.165) is 12.8 Å². The molecule has 1 saturated carbocycles. The lowest BCUT2D eigenvalue weighted by Crippen LogP contribution is -2.51. The molecule has 3 heterocycles. The van der Waals surface area contributed by atoms with Crippen molar-refractivity contribution in [3.05, 3.63) is 48.3 Å². The third kappa shape index (κ3) is 3.04. The minimum absolute atomic E-state index is 0.0396. The number of aromatic nitrogens is 3. The molecule has 3 aromatic rings. The molecular formula is C21H25FN6O. The van der Waals surface area contributed by atoms with Crippen LogP contribution in [0.4, 0.5) is 10.1 Å². The van der Waals surface area contributed by atoms with E-state index in [-0.39, 0.29) is 17.0 Å². The molecule has 4 rings (SSSR count). The van der Waals surface area contributed by atoms with Gasteiger partial charge in [-0.3, -0.25) is 9.78 Å². The fraction of sp³-hybridized carbons (Fsp3) is 0.381. The van der Waals surface area contributed by atoms with Crippen LogP contribution in [0.15, 0.2) is 36.9 Å². The molecule has 0 radical (unpaired) electrons. The van der Waals surface area contributed by atoms with Gasteiger partial charge in [0.25, 0.3) is 5.91 Å². The number of fused-ring (bicyclic) bond motifs is 1. The summed E-state index contributed by atoms with van der Waals surface area (Å²) >= 11 is 0. The van der Waals surface area contributed by atoms with E-state index < -0.39 is 11.7 Å². The molecule has 3 aromatic heterocycles. The Kier molecular flexibility index (Phi) is 4.34. The van der Waals surface area contributed by atoms with E-state index in [9.17, 15) is 9.18 Å². The monoisotopic (exact) mass is 396 g/mol. The summed E-state index contributed by atoms with van der Waals surface area (Å²) in [5.41, 5.74) is 14.1. The fourth-order valence-corrected chi connectivity index (χ4v) is 4.10. The summed E-state index contributed by atoms with van der Waals surface area (Å²) in [5, 5.41) is 7.80. The lowest BCUT2D eigenvalue weighted by atomic mass is 9.75. The van der Waals surface area contributed by atoms with Gasteiger partial charge in [-0.25, -0.2) is 8.91 Å². The first kappa shape index (κ1) is 19.3. The Morgan fingerprint density at radius 2 is 2.10 bits per heavy atom. The number of anilines is 1. The number of carbonyl (C=O) groups is 1. The first-order valence-corrected chi connectivity index (χ1v) is 9.58. The topological polar surface area (TPSA) is 111 Å². The van der Waals surface area contributed by atoms with Crippen molar-refractivity contribution < 1.29 is 9.18 Å². The van der Waals surface area contributed by atoms with Crippen LogP contribution in [0.5, 0.6) is 0 Å². The minimum Gasteiger partial charge on any atom is -0.379 e. The van der Waals surface area contributed by atoms with Crippen LogP contribution in [0.3, 0.4) is 0 Å². The molecule has 0 unspecified atom stereocenters. The Labute approximate surface area is 168 Å². The van der Waals surface area contributed by atoms with Gasteiger partial charge < -0.3 is 16.8 Å². The van der Waals surface area contributed by atoms with Gasteiger partial charge in [-0.2, -0.15) is 5.10 Å². The van der Waals surface area contributed by atoms with Crippen LogP contribution < -0.4 is 16.8 Å². The zero-order valence-corrected chi connectivity index (χ0v) is 16.7. The molecule has 0 aliphatic heterocycles. The zero-order chi connectivity index (χ0) is 21.0. The van der Waals surface area contributed by atoms with Crippen LogP contribution in [0, 0.1) is 11.2 Å². The Bertz CT molecular complexity index is 1100. The number of halogens is 1. The third-order valence-corrected chi connectivity index (χ3v) is 6.60. The van der Waals surface area contributed by atoms with Gasteiger partial charge in [-0.15, -0.1) is 0 Å². The smallest absolute Gasteiger partial charge is 0.252 e. The number of carbonyl (C=O) groups excluding carboxylic acids is 1. The van der Waals surface area contributed by atoms with Crippen molar-refractivity contribution in [3.63, 3.8) is 0 Å². The average molecular weight is 396 g/mol. The van der Waals surface area contributed by atoms with Gasteiger partial charge in [-0.05, 0) is 31.9 Å². The zero-order valence-electron chi connectivity index (χ0n) is 16.7. The number of nitrogens with one attached hydrogen (secondary N) is 1. The van der Waals surface area contributed by atoms with Crippen molar-refractivity contribution in [1.29, 1.82) is 0 Å². The summed E-state index contributed by atoms with van der Waals surface area (Å²) in [5.74, 6) is -1.00. The van der Waals surface area contributed by atoms with Crippen molar-refractivity contribution in [3.8, 4) is 11.1 Å². The first-order chi connectivity index (χ1) is 13.6. The number of nitrogens with zero attached hydrogens (tertiary/aromatic N) is 3. The highest BCUT2D eigenvalue weighted by Crippen LogP contribution is 2.46. The fourth-order valence-electron chi connectivity index (χ4n) is 4.10. The highest BCUT2D eigenvalue weighted by molar-refractivity contribution is 6.02. The molecule has 0 bridgehead atoms. The Morgan fingerprint density at radius 3 is 2.72 bits per heavy atom. The summed E-state index contributed by atoms with van der Waals surface area (Å²) in [6.45, 7) is 6.29. The van der Waals surface area contributed by atoms with Crippen LogP contribution in [-0.4, -0.2) is 32.1 Å². The van der Waals surface area contributed by atoms with E-state index >= 15 is 0 Å². The van der Waals surface area contributed by atoms with E-state index in [2.05, 4.69) is 29.2 Å². The van der Waals surface area contributed by atoms with E-state index in [0.29, 0.717) is 27.9 Å². The average Bonchev–Trinajstić information content (AvgIpc) is 3.16. The Morgan fingerprint density at radius 1 is 1.34 bits per heavy atom. The van der Waals surface area contributed by atoms with Gasteiger partial charge >= 0.3 is 0 Å². The standard InChI is InChI=1S/C21H25FN6O/c1-20(2)17(4-6-21(20,3)24)27-18-14(19(23)29)9-26-28-11-12(8-16(18)28)13-5-7-25-10-15(13)22/h5,7-11,17,27H,4,6,24H2,1-3H3,(H2,23,29)/t17-,21+/m0/s1. The molecule has 5 N–H and O–H groups in total. The van der Waals surface area contributed by atoms with Crippen molar-refractivity contribution in [2.45, 2.75) is 45.2 Å². The van der Waals surface area contributed by atoms with Crippen molar-refractivity contribution in [2.75, 3.05) is 5.32 Å². The molecule has 1 aliphatic carbocycles. The summed E-state index contributed by atoms with van der Waals surface area (Å²) < 4.78 is 15.8. The van der Waals surface area contributed by atoms with Gasteiger partial charge in [0, 0.05) is 40.5 Å². The van der Waals surface area contributed by atoms with Crippen molar-refractivity contribution >= 4 is 17.1 Å². The first-order valence-electron chi connectivity index (χ1n) is 9.58. The van der Waals surface area contributed by atoms with Crippen molar-refractivity contribution in [2.24, 2.45) is 16.9 Å². The predicted octanol–water partition coefficient (Wildman–Crippen LogP) is 2.95. The van der Waals surface area contributed by atoms with Crippen LogP contribution in [0.25, 0.3) is 16.6 Å².